The Hall–Kier alpha value is -2.27. The molecule has 1 unspecified atom stereocenters. The SMILES string of the molecule is Cc1ccc(SCC(=O)OC(C(N)=O)c2ccccc2)c(C)c1. The lowest BCUT2D eigenvalue weighted by Gasteiger charge is -2.15. The van der Waals surface area contributed by atoms with Gasteiger partial charge in [-0.2, -0.15) is 0 Å². The molecule has 120 valence electrons. The van der Waals surface area contributed by atoms with E-state index >= 15 is 0 Å². The molecule has 0 aliphatic rings. The molecule has 0 bridgehead atoms. The molecule has 0 saturated heterocycles. The van der Waals surface area contributed by atoms with Crippen LogP contribution in [0.2, 0.25) is 0 Å². The van der Waals surface area contributed by atoms with Gasteiger partial charge in [-0.3, -0.25) is 9.59 Å². The first-order valence-electron chi connectivity index (χ1n) is 7.21. The number of aryl methyl sites for hydroxylation is 2. The second-order valence-corrected chi connectivity index (χ2v) is 6.26. The highest BCUT2D eigenvalue weighted by atomic mass is 32.2. The van der Waals surface area contributed by atoms with E-state index in [2.05, 4.69) is 6.07 Å². The lowest BCUT2D eigenvalue weighted by atomic mass is 10.1. The van der Waals surface area contributed by atoms with E-state index in [4.69, 9.17) is 10.5 Å². The minimum Gasteiger partial charge on any atom is -0.447 e. The Bertz CT molecular complexity index is 701. The molecule has 23 heavy (non-hydrogen) atoms. The van der Waals surface area contributed by atoms with Crippen LogP contribution in [0, 0.1) is 13.8 Å². The molecule has 0 fully saturated rings. The Morgan fingerprint density at radius 3 is 2.43 bits per heavy atom. The Morgan fingerprint density at radius 1 is 1.13 bits per heavy atom. The van der Waals surface area contributed by atoms with Crippen LogP contribution < -0.4 is 5.73 Å². The van der Waals surface area contributed by atoms with Crippen molar-refractivity contribution in [1.29, 1.82) is 0 Å². The van der Waals surface area contributed by atoms with E-state index < -0.39 is 18.0 Å². The minimum absolute atomic E-state index is 0.126. The van der Waals surface area contributed by atoms with Crippen LogP contribution in [0.3, 0.4) is 0 Å². The zero-order chi connectivity index (χ0) is 16.8. The number of nitrogens with two attached hydrogens (primary N) is 1. The number of ether oxygens (including phenoxy) is 1. The summed E-state index contributed by atoms with van der Waals surface area (Å²) < 4.78 is 5.25. The van der Waals surface area contributed by atoms with Gasteiger partial charge in [0.25, 0.3) is 5.91 Å². The van der Waals surface area contributed by atoms with Crippen LogP contribution in [-0.2, 0) is 14.3 Å². The van der Waals surface area contributed by atoms with Gasteiger partial charge in [0.15, 0.2) is 0 Å². The van der Waals surface area contributed by atoms with Crippen LogP contribution in [0.15, 0.2) is 53.4 Å². The Labute approximate surface area is 140 Å². The molecule has 0 heterocycles. The topological polar surface area (TPSA) is 69.4 Å². The number of hydrogen-bond donors (Lipinski definition) is 1. The van der Waals surface area contributed by atoms with Crippen molar-refractivity contribution in [2.24, 2.45) is 5.73 Å². The summed E-state index contributed by atoms with van der Waals surface area (Å²) in [6.07, 6.45) is -1.05. The van der Waals surface area contributed by atoms with Gasteiger partial charge in [-0.05, 0) is 25.5 Å². The van der Waals surface area contributed by atoms with E-state index in [1.54, 1.807) is 24.3 Å². The number of hydrogen-bond acceptors (Lipinski definition) is 4. The Kier molecular flexibility index (Phi) is 5.82. The molecular weight excluding hydrogens is 310 g/mol. The number of primary amides is 1. The molecule has 5 heteroatoms. The van der Waals surface area contributed by atoms with Gasteiger partial charge in [0.05, 0.1) is 5.75 Å². The van der Waals surface area contributed by atoms with Crippen LogP contribution >= 0.6 is 11.8 Å². The number of esters is 1. The molecule has 0 aromatic heterocycles. The predicted octanol–water partition coefficient (Wildman–Crippen LogP) is 3.17. The van der Waals surface area contributed by atoms with E-state index in [-0.39, 0.29) is 5.75 Å². The van der Waals surface area contributed by atoms with Gasteiger partial charge in [-0.1, -0.05) is 48.0 Å². The highest BCUT2D eigenvalue weighted by Crippen LogP contribution is 2.24. The summed E-state index contributed by atoms with van der Waals surface area (Å²) in [5.41, 5.74) is 8.20. The molecule has 2 N–H and O–H groups in total. The zero-order valence-corrected chi connectivity index (χ0v) is 13.9. The molecular formula is C18H19NO3S. The summed E-state index contributed by atoms with van der Waals surface area (Å²) in [4.78, 5) is 24.6. The summed E-state index contributed by atoms with van der Waals surface area (Å²) in [7, 11) is 0. The fourth-order valence-electron chi connectivity index (χ4n) is 2.18. The summed E-state index contributed by atoms with van der Waals surface area (Å²) in [5, 5.41) is 0. The minimum atomic E-state index is -1.05. The number of amides is 1. The van der Waals surface area contributed by atoms with Gasteiger partial charge in [-0.15, -0.1) is 11.8 Å². The third-order valence-electron chi connectivity index (χ3n) is 3.29. The summed E-state index contributed by atoms with van der Waals surface area (Å²) in [5.74, 6) is -1.02. The largest absolute Gasteiger partial charge is 0.447 e. The van der Waals surface area contributed by atoms with Crippen molar-refractivity contribution in [2.75, 3.05) is 5.75 Å². The molecule has 2 aromatic rings. The first kappa shape index (κ1) is 17.1. The van der Waals surface area contributed by atoms with Crippen molar-refractivity contribution in [3.8, 4) is 0 Å². The van der Waals surface area contributed by atoms with Gasteiger partial charge in [0.1, 0.15) is 0 Å². The summed E-state index contributed by atoms with van der Waals surface area (Å²) >= 11 is 1.39. The quantitative estimate of drug-likeness (QED) is 0.653. The number of benzene rings is 2. The average Bonchev–Trinajstić information content (AvgIpc) is 2.52. The van der Waals surface area contributed by atoms with Gasteiger partial charge >= 0.3 is 5.97 Å². The third-order valence-corrected chi connectivity index (χ3v) is 4.44. The van der Waals surface area contributed by atoms with Crippen molar-refractivity contribution in [3.63, 3.8) is 0 Å². The molecule has 1 atom stereocenters. The molecule has 0 spiro atoms. The fraction of sp³-hybridized carbons (Fsp3) is 0.222. The molecule has 2 aromatic carbocycles. The van der Waals surface area contributed by atoms with Gasteiger partial charge in [0.2, 0.25) is 6.10 Å². The highest BCUT2D eigenvalue weighted by Gasteiger charge is 2.22. The summed E-state index contributed by atoms with van der Waals surface area (Å²) in [6.45, 7) is 4.02. The van der Waals surface area contributed by atoms with Crippen molar-refractivity contribution in [3.05, 3.63) is 65.2 Å². The smallest absolute Gasteiger partial charge is 0.317 e. The van der Waals surface area contributed by atoms with Crippen LogP contribution in [0.1, 0.15) is 22.8 Å². The third kappa shape index (κ3) is 4.86. The van der Waals surface area contributed by atoms with E-state index in [1.807, 2.05) is 32.0 Å². The first-order valence-corrected chi connectivity index (χ1v) is 8.19. The Balaban J connectivity index is 1.98. The molecule has 0 aliphatic carbocycles. The second kappa shape index (κ2) is 7.83. The van der Waals surface area contributed by atoms with E-state index in [9.17, 15) is 9.59 Å². The highest BCUT2D eigenvalue weighted by molar-refractivity contribution is 8.00. The zero-order valence-electron chi connectivity index (χ0n) is 13.1. The molecule has 2 rings (SSSR count). The maximum atomic E-state index is 12.0. The maximum Gasteiger partial charge on any atom is 0.317 e. The maximum absolute atomic E-state index is 12.0. The fourth-order valence-corrected chi connectivity index (χ4v) is 2.97. The van der Waals surface area contributed by atoms with Crippen LogP contribution in [-0.4, -0.2) is 17.6 Å². The molecule has 4 nitrogen and oxygen atoms in total. The molecule has 1 amide bonds. The van der Waals surface area contributed by atoms with Gasteiger partial charge in [0, 0.05) is 10.5 Å². The van der Waals surface area contributed by atoms with Crippen LogP contribution in [0.25, 0.3) is 0 Å². The lowest BCUT2D eigenvalue weighted by molar-refractivity contribution is -0.152. The molecule has 0 saturated carbocycles. The van der Waals surface area contributed by atoms with Crippen molar-refractivity contribution < 1.29 is 14.3 Å². The summed E-state index contributed by atoms with van der Waals surface area (Å²) in [6, 6.07) is 14.8. The number of thioether (sulfide) groups is 1. The second-order valence-electron chi connectivity index (χ2n) is 5.24. The van der Waals surface area contributed by atoms with Crippen molar-refractivity contribution >= 4 is 23.6 Å². The normalized spacial score (nSPS) is 11.7. The van der Waals surface area contributed by atoms with Crippen molar-refractivity contribution in [2.45, 2.75) is 24.8 Å². The van der Waals surface area contributed by atoms with Crippen LogP contribution in [0.5, 0.6) is 0 Å². The van der Waals surface area contributed by atoms with Crippen LogP contribution in [0.4, 0.5) is 0 Å². The van der Waals surface area contributed by atoms with Crippen molar-refractivity contribution in [1.82, 2.24) is 0 Å². The standard InChI is InChI=1S/C18H19NO3S/c1-12-8-9-15(13(2)10-12)23-11-16(20)22-17(18(19)21)14-6-4-3-5-7-14/h3-10,17H,11H2,1-2H3,(H2,19,21). The van der Waals surface area contributed by atoms with E-state index in [0.29, 0.717) is 5.56 Å². The van der Waals surface area contributed by atoms with Gasteiger partial charge in [-0.25, -0.2) is 0 Å². The number of rotatable bonds is 6. The average molecular weight is 329 g/mol. The monoisotopic (exact) mass is 329 g/mol. The first-order chi connectivity index (χ1) is 11.0. The predicted molar refractivity (Wildman–Crippen MR) is 91.1 cm³/mol. The molecule has 0 aliphatic heterocycles. The number of carbonyl (C=O) groups is 2. The van der Waals surface area contributed by atoms with E-state index in [1.165, 1.54) is 17.3 Å². The number of carbonyl (C=O) groups excluding carboxylic acids is 2. The lowest BCUT2D eigenvalue weighted by Crippen LogP contribution is -2.26. The van der Waals surface area contributed by atoms with E-state index in [0.717, 1.165) is 10.5 Å². The Morgan fingerprint density at radius 2 is 1.83 bits per heavy atom. The molecule has 0 radical (unpaired) electrons. The van der Waals surface area contributed by atoms with Gasteiger partial charge < -0.3 is 10.5 Å².